The first-order valence-electron chi connectivity index (χ1n) is 6.51. The Balaban J connectivity index is 1.66. The van der Waals surface area contributed by atoms with Crippen molar-refractivity contribution in [3.63, 3.8) is 0 Å². The third kappa shape index (κ3) is 3.25. The Hall–Kier alpha value is -2.27. The molecule has 0 unspecified atom stereocenters. The largest absolute Gasteiger partial charge is 0.486 e. The molecule has 0 spiro atoms. The minimum atomic E-state index is -0.200. The van der Waals surface area contributed by atoms with Crippen LogP contribution in [0.15, 0.2) is 36.5 Å². The molecule has 0 atom stereocenters. The highest BCUT2D eigenvalue weighted by Gasteiger charge is 2.12. The standard InChI is InChI=1S/C15H13ClN2O3/c16-14-8-11(3-4-17-14)15(19)18-9-10-1-2-12-13(7-10)21-6-5-20-12/h1-4,7-8H,5-6,9H2,(H,18,19). The van der Waals surface area contributed by atoms with Crippen molar-refractivity contribution in [3.8, 4) is 11.5 Å². The molecule has 3 rings (SSSR count). The topological polar surface area (TPSA) is 60.5 Å². The van der Waals surface area contributed by atoms with Gasteiger partial charge >= 0.3 is 0 Å². The summed E-state index contributed by atoms with van der Waals surface area (Å²) in [5.74, 6) is 1.24. The average Bonchev–Trinajstić information content (AvgIpc) is 2.52. The second-order valence-electron chi connectivity index (χ2n) is 4.53. The molecule has 21 heavy (non-hydrogen) atoms. The molecule has 1 amide bonds. The molecule has 2 heterocycles. The third-order valence-electron chi connectivity index (χ3n) is 3.05. The lowest BCUT2D eigenvalue weighted by Crippen LogP contribution is -2.23. The Morgan fingerprint density at radius 3 is 2.81 bits per heavy atom. The van der Waals surface area contributed by atoms with Crippen LogP contribution in [0.2, 0.25) is 5.15 Å². The molecule has 0 saturated heterocycles. The Bertz CT molecular complexity index is 676. The molecule has 1 aliphatic heterocycles. The van der Waals surface area contributed by atoms with Gasteiger partial charge in [-0.05, 0) is 29.8 Å². The molecule has 1 N–H and O–H groups in total. The number of fused-ring (bicyclic) bond motifs is 1. The van der Waals surface area contributed by atoms with Gasteiger partial charge in [-0.3, -0.25) is 4.79 Å². The number of amides is 1. The first-order chi connectivity index (χ1) is 10.2. The number of aromatic nitrogens is 1. The highest BCUT2D eigenvalue weighted by Crippen LogP contribution is 2.30. The lowest BCUT2D eigenvalue weighted by molar-refractivity contribution is 0.0950. The predicted molar refractivity (Wildman–Crippen MR) is 77.8 cm³/mol. The molecule has 0 radical (unpaired) electrons. The van der Waals surface area contributed by atoms with Crippen LogP contribution >= 0.6 is 11.6 Å². The number of nitrogens with zero attached hydrogens (tertiary/aromatic N) is 1. The Kier molecular flexibility index (Phi) is 3.92. The van der Waals surface area contributed by atoms with Crippen molar-refractivity contribution in [1.29, 1.82) is 0 Å². The van der Waals surface area contributed by atoms with E-state index in [-0.39, 0.29) is 5.91 Å². The highest BCUT2D eigenvalue weighted by molar-refractivity contribution is 6.29. The first kappa shape index (κ1) is 13.7. The van der Waals surface area contributed by atoms with Crippen LogP contribution in [0.3, 0.4) is 0 Å². The van der Waals surface area contributed by atoms with E-state index >= 15 is 0 Å². The van der Waals surface area contributed by atoms with E-state index in [9.17, 15) is 4.79 Å². The van der Waals surface area contributed by atoms with Crippen molar-refractivity contribution in [2.75, 3.05) is 13.2 Å². The fourth-order valence-corrected chi connectivity index (χ4v) is 2.20. The molecule has 1 aromatic carbocycles. The van der Waals surface area contributed by atoms with E-state index in [1.54, 1.807) is 6.07 Å². The first-order valence-corrected chi connectivity index (χ1v) is 6.88. The summed E-state index contributed by atoms with van der Waals surface area (Å²) >= 11 is 5.76. The van der Waals surface area contributed by atoms with Gasteiger partial charge in [-0.15, -0.1) is 0 Å². The number of pyridine rings is 1. The third-order valence-corrected chi connectivity index (χ3v) is 3.26. The number of hydrogen-bond acceptors (Lipinski definition) is 4. The maximum atomic E-state index is 12.0. The quantitative estimate of drug-likeness (QED) is 0.885. The van der Waals surface area contributed by atoms with Crippen LogP contribution in [0.5, 0.6) is 11.5 Å². The zero-order chi connectivity index (χ0) is 14.7. The van der Waals surface area contributed by atoms with Crippen molar-refractivity contribution >= 4 is 17.5 Å². The molecule has 5 nitrogen and oxygen atoms in total. The van der Waals surface area contributed by atoms with E-state index in [1.165, 1.54) is 12.3 Å². The summed E-state index contributed by atoms with van der Waals surface area (Å²) in [5, 5.41) is 3.12. The van der Waals surface area contributed by atoms with Gasteiger partial charge in [0.15, 0.2) is 11.5 Å². The molecule has 1 aliphatic rings. The van der Waals surface area contributed by atoms with Crippen LogP contribution in [0.25, 0.3) is 0 Å². The minimum absolute atomic E-state index is 0.200. The van der Waals surface area contributed by atoms with Crippen molar-refractivity contribution in [2.45, 2.75) is 6.54 Å². The van der Waals surface area contributed by atoms with E-state index < -0.39 is 0 Å². The average molecular weight is 305 g/mol. The van der Waals surface area contributed by atoms with Crippen LogP contribution in [-0.2, 0) is 6.54 Å². The molecule has 0 fully saturated rings. The maximum Gasteiger partial charge on any atom is 0.251 e. The second kappa shape index (κ2) is 6.01. The van der Waals surface area contributed by atoms with Gasteiger partial charge in [0, 0.05) is 18.3 Å². The van der Waals surface area contributed by atoms with Gasteiger partial charge in [0.2, 0.25) is 0 Å². The van der Waals surface area contributed by atoms with E-state index in [4.69, 9.17) is 21.1 Å². The normalized spacial score (nSPS) is 12.8. The maximum absolute atomic E-state index is 12.0. The Morgan fingerprint density at radius 2 is 2.00 bits per heavy atom. The summed E-state index contributed by atoms with van der Waals surface area (Å²) in [7, 11) is 0. The molecule has 108 valence electrons. The van der Waals surface area contributed by atoms with Crippen molar-refractivity contribution in [3.05, 3.63) is 52.8 Å². The number of halogens is 1. The molecule has 2 aromatic rings. The van der Waals surface area contributed by atoms with Crippen molar-refractivity contribution in [2.24, 2.45) is 0 Å². The summed E-state index contributed by atoms with van der Waals surface area (Å²) in [6, 6.07) is 8.76. The summed E-state index contributed by atoms with van der Waals surface area (Å²) in [5.41, 5.74) is 1.42. The zero-order valence-corrected chi connectivity index (χ0v) is 11.9. The molecule has 0 aliphatic carbocycles. The van der Waals surface area contributed by atoms with Crippen molar-refractivity contribution < 1.29 is 14.3 Å². The van der Waals surface area contributed by atoms with Crippen molar-refractivity contribution in [1.82, 2.24) is 10.3 Å². The van der Waals surface area contributed by atoms with Gasteiger partial charge in [-0.2, -0.15) is 0 Å². The summed E-state index contributed by atoms with van der Waals surface area (Å²) in [6.07, 6.45) is 1.50. The molecular formula is C15H13ClN2O3. The van der Waals surface area contributed by atoms with Gasteiger partial charge in [0.1, 0.15) is 18.4 Å². The molecule has 0 bridgehead atoms. The highest BCUT2D eigenvalue weighted by atomic mass is 35.5. The predicted octanol–water partition coefficient (Wildman–Crippen LogP) is 2.44. The lowest BCUT2D eigenvalue weighted by Gasteiger charge is -2.19. The number of carbonyl (C=O) groups is 1. The van der Waals surface area contributed by atoms with Crippen LogP contribution < -0.4 is 14.8 Å². The number of ether oxygens (including phenoxy) is 2. The van der Waals surface area contributed by atoms with E-state index in [0.717, 1.165) is 11.3 Å². The monoisotopic (exact) mass is 304 g/mol. The number of nitrogens with one attached hydrogen (secondary N) is 1. The Labute approximate surface area is 126 Å². The van der Waals surface area contributed by atoms with Crippen LogP contribution in [0, 0.1) is 0 Å². The summed E-state index contributed by atoms with van der Waals surface area (Å²) in [4.78, 5) is 15.8. The fourth-order valence-electron chi connectivity index (χ4n) is 2.03. The molecule has 1 aromatic heterocycles. The molecule has 0 saturated carbocycles. The van der Waals surface area contributed by atoms with Gasteiger partial charge in [0.05, 0.1) is 0 Å². The lowest BCUT2D eigenvalue weighted by atomic mass is 10.2. The number of rotatable bonds is 3. The number of carbonyl (C=O) groups excluding carboxylic acids is 1. The van der Waals surface area contributed by atoms with Gasteiger partial charge in [0.25, 0.3) is 5.91 Å². The SMILES string of the molecule is O=C(NCc1ccc2c(c1)OCCO2)c1ccnc(Cl)c1. The number of benzene rings is 1. The Morgan fingerprint density at radius 1 is 1.19 bits per heavy atom. The number of hydrogen-bond donors (Lipinski definition) is 1. The van der Waals surface area contributed by atoms with Crippen LogP contribution in [0.4, 0.5) is 0 Å². The van der Waals surface area contributed by atoms with E-state index in [1.807, 2.05) is 18.2 Å². The van der Waals surface area contributed by atoms with Gasteiger partial charge in [-0.25, -0.2) is 4.98 Å². The second-order valence-corrected chi connectivity index (χ2v) is 4.92. The van der Waals surface area contributed by atoms with Crippen LogP contribution in [0.1, 0.15) is 15.9 Å². The summed E-state index contributed by atoms with van der Waals surface area (Å²) in [6.45, 7) is 1.50. The zero-order valence-electron chi connectivity index (χ0n) is 11.1. The van der Waals surface area contributed by atoms with Gasteiger partial charge in [-0.1, -0.05) is 17.7 Å². The smallest absolute Gasteiger partial charge is 0.251 e. The molecular weight excluding hydrogens is 292 g/mol. The minimum Gasteiger partial charge on any atom is -0.486 e. The molecule has 6 heteroatoms. The van der Waals surface area contributed by atoms with Gasteiger partial charge < -0.3 is 14.8 Å². The fraction of sp³-hybridized carbons (Fsp3) is 0.200. The van der Waals surface area contributed by atoms with E-state index in [0.29, 0.717) is 36.2 Å². The van der Waals surface area contributed by atoms with Crippen LogP contribution in [-0.4, -0.2) is 24.1 Å². The summed E-state index contributed by atoms with van der Waals surface area (Å²) < 4.78 is 11.0. The van der Waals surface area contributed by atoms with E-state index in [2.05, 4.69) is 10.3 Å².